The van der Waals surface area contributed by atoms with Gasteiger partial charge < -0.3 is 4.90 Å². The highest BCUT2D eigenvalue weighted by atomic mass is 16.2. The number of carbonyl (C=O) groups excluding carboxylic acids is 1. The van der Waals surface area contributed by atoms with Crippen LogP contribution in [0.3, 0.4) is 0 Å². The summed E-state index contributed by atoms with van der Waals surface area (Å²) in [6.45, 7) is 0.444. The van der Waals surface area contributed by atoms with Crippen molar-refractivity contribution in [1.82, 2.24) is 25.1 Å². The predicted molar refractivity (Wildman–Crippen MR) is 66.4 cm³/mol. The van der Waals surface area contributed by atoms with E-state index < -0.39 is 0 Å². The van der Waals surface area contributed by atoms with Gasteiger partial charge in [-0.15, -0.1) is 5.10 Å². The second-order valence-electron chi connectivity index (χ2n) is 4.71. The molecule has 0 bridgehead atoms. The first kappa shape index (κ1) is 12.7. The van der Waals surface area contributed by atoms with Crippen molar-refractivity contribution in [1.29, 1.82) is 0 Å². The topological polar surface area (TPSA) is 63.9 Å². The van der Waals surface area contributed by atoms with Crippen LogP contribution in [0.15, 0.2) is 11.6 Å². The highest BCUT2D eigenvalue weighted by Crippen LogP contribution is 2.19. The summed E-state index contributed by atoms with van der Waals surface area (Å²) >= 11 is 0. The van der Waals surface area contributed by atoms with E-state index in [9.17, 15) is 4.79 Å². The molecule has 1 aliphatic carbocycles. The van der Waals surface area contributed by atoms with Gasteiger partial charge in [-0.2, -0.15) is 0 Å². The van der Waals surface area contributed by atoms with E-state index >= 15 is 0 Å². The first-order valence-electron chi connectivity index (χ1n) is 6.34. The smallest absolute Gasteiger partial charge is 0.249 e. The van der Waals surface area contributed by atoms with E-state index in [1.165, 1.54) is 12.8 Å². The van der Waals surface area contributed by atoms with Gasteiger partial charge in [-0.1, -0.05) is 12.5 Å². The molecule has 6 heteroatoms. The molecule has 2 rings (SSSR count). The van der Waals surface area contributed by atoms with Crippen molar-refractivity contribution in [2.75, 3.05) is 7.05 Å². The number of rotatable bonds is 3. The number of hydrogen-bond donors (Lipinski definition) is 0. The Bertz CT molecular complexity index is 451. The van der Waals surface area contributed by atoms with Crippen LogP contribution in [0.5, 0.6) is 0 Å². The van der Waals surface area contributed by atoms with Crippen molar-refractivity contribution in [3.8, 4) is 0 Å². The number of aryl methyl sites for hydroxylation is 1. The number of allylic oxidation sites excluding steroid dienone is 1. The van der Waals surface area contributed by atoms with Crippen LogP contribution in [-0.4, -0.2) is 38.1 Å². The Hall–Kier alpha value is -1.72. The van der Waals surface area contributed by atoms with E-state index in [2.05, 4.69) is 21.6 Å². The number of nitrogens with zero attached hydrogens (tertiary/aromatic N) is 5. The zero-order valence-corrected chi connectivity index (χ0v) is 11.0. The van der Waals surface area contributed by atoms with Crippen LogP contribution >= 0.6 is 0 Å². The van der Waals surface area contributed by atoms with E-state index in [0.29, 0.717) is 12.4 Å². The van der Waals surface area contributed by atoms with Crippen LogP contribution in [-0.2, 0) is 18.4 Å². The summed E-state index contributed by atoms with van der Waals surface area (Å²) in [6, 6.07) is 0. The summed E-state index contributed by atoms with van der Waals surface area (Å²) in [5, 5.41) is 11.2. The minimum absolute atomic E-state index is 0.0971. The third kappa shape index (κ3) is 2.94. The molecule has 1 aliphatic rings. The van der Waals surface area contributed by atoms with Crippen molar-refractivity contribution in [3.63, 3.8) is 0 Å². The molecule has 0 aliphatic heterocycles. The molecule has 0 unspecified atom stereocenters. The van der Waals surface area contributed by atoms with Crippen molar-refractivity contribution in [3.05, 3.63) is 17.5 Å². The SMILES string of the molecule is CN(Cc1nnnn1C)C(=O)C1=CCCCCC1. The maximum Gasteiger partial charge on any atom is 0.249 e. The Morgan fingerprint density at radius 1 is 1.44 bits per heavy atom. The molecule has 0 saturated heterocycles. The van der Waals surface area contributed by atoms with Crippen LogP contribution in [0.25, 0.3) is 0 Å². The van der Waals surface area contributed by atoms with Crippen molar-refractivity contribution < 1.29 is 4.79 Å². The molecule has 1 aromatic rings. The Balaban J connectivity index is 2.00. The number of tetrazole rings is 1. The Kier molecular flexibility index (Phi) is 4.07. The highest BCUT2D eigenvalue weighted by Gasteiger charge is 2.17. The van der Waals surface area contributed by atoms with Gasteiger partial charge in [0.25, 0.3) is 0 Å². The molecular weight excluding hydrogens is 230 g/mol. The first-order valence-corrected chi connectivity index (χ1v) is 6.34. The lowest BCUT2D eigenvalue weighted by atomic mass is 10.1. The fourth-order valence-electron chi connectivity index (χ4n) is 2.12. The first-order chi connectivity index (χ1) is 8.68. The zero-order valence-electron chi connectivity index (χ0n) is 11.0. The molecule has 0 saturated carbocycles. The van der Waals surface area contributed by atoms with Gasteiger partial charge in [0.15, 0.2) is 5.82 Å². The van der Waals surface area contributed by atoms with Gasteiger partial charge in [0, 0.05) is 19.7 Å². The highest BCUT2D eigenvalue weighted by molar-refractivity contribution is 5.93. The Labute approximate surface area is 107 Å². The van der Waals surface area contributed by atoms with Gasteiger partial charge in [-0.25, -0.2) is 4.68 Å². The van der Waals surface area contributed by atoms with Crippen molar-refractivity contribution >= 4 is 5.91 Å². The Morgan fingerprint density at radius 2 is 2.28 bits per heavy atom. The molecule has 0 spiro atoms. The number of carbonyl (C=O) groups is 1. The normalized spacial score (nSPS) is 16.0. The van der Waals surface area contributed by atoms with Gasteiger partial charge in [0.2, 0.25) is 5.91 Å². The average Bonchev–Trinajstić information content (AvgIpc) is 2.63. The minimum atomic E-state index is 0.0971. The maximum absolute atomic E-state index is 12.3. The van der Waals surface area contributed by atoms with Crippen molar-refractivity contribution in [2.24, 2.45) is 7.05 Å². The lowest BCUT2D eigenvalue weighted by Gasteiger charge is -2.17. The van der Waals surface area contributed by atoms with Gasteiger partial charge in [-0.05, 0) is 36.1 Å². The molecule has 0 atom stereocenters. The van der Waals surface area contributed by atoms with E-state index in [1.54, 1.807) is 23.7 Å². The summed E-state index contributed by atoms with van der Waals surface area (Å²) in [6.07, 6.45) is 7.50. The monoisotopic (exact) mass is 249 g/mol. The molecular formula is C12H19N5O. The van der Waals surface area contributed by atoms with Crippen LogP contribution in [0.2, 0.25) is 0 Å². The van der Waals surface area contributed by atoms with Crippen LogP contribution in [0.4, 0.5) is 0 Å². The maximum atomic E-state index is 12.3. The summed E-state index contributed by atoms with van der Waals surface area (Å²) in [5.74, 6) is 0.792. The molecule has 1 heterocycles. The van der Waals surface area contributed by atoms with Gasteiger partial charge in [-0.3, -0.25) is 4.79 Å². The Morgan fingerprint density at radius 3 is 3.00 bits per heavy atom. The summed E-state index contributed by atoms with van der Waals surface area (Å²) < 4.78 is 1.59. The summed E-state index contributed by atoms with van der Waals surface area (Å²) in [5.41, 5.74) is 0.935. The third-order valence-electron chi connectivity index (χ3n) is 3.25. The molecule has 1 amide bonds. The summed E-state index contributed by atoms with van der Waals surface area (Å²) in [7, 11) is 3.57. The van der Waals surface area contributed by atoms with Crippen LogP contribution in [0, 0.1) is 0 Å². The molecule has 0 N–H and O–H groups in total. The van der Waals surface area contributed by atoms with E-state index in [0.717, 1.165) is 24.8 Å². The number of likely N-dealkylation sites (N-methyl/N-ethyl adjacent to an activating group) is 1. The fraction of sp³-hybridized carbons (Fsp3) is 0.667. The van der Waals surface area contributed by atoms with Crippen molar-refractivity contribution in [2.45, 2.75) is 38.6 Å². The fourth-order valence-corrected chi connectivity index (χ4v) is 2.12. The molecule has 18 heavy (non-hydrogen) atoms. The second kappa shape index (κ2) is 5.75. The van der Waals surface area contributed by atoms with Gasteiger partial charge >= 0.3 is 0 Å². The van der Waals surface area contributed by atoms with Gasteiger partial charge in [0.05, 0.1) is 6.54 Å². The van der Waals surface area contributed by atoms with E-state index in [4.69, 9.17) is 0 Å². The number of amides is 1. The second-order valence-corrected chi connectivity index (χ2v) is 4.71. The molecule has 6 nitrogen and oxygen atoms in total. The number of aromatic nitrogens is 4. The minimum Gasteiger partial charge on any atom is -0.334 e. The predicted octanol–water partition coefficient (Wildman–Crippen LogP) is 1.06. The zero-order chi connectivity index (χ0) is 13.0. The molecule has 0 fully saturated rings. The molecule has 0 radical (unpaired) electrons. The molecule has 0 aromatic carbocycles. The van der Waals surface area contributed by atoms with E-state index in [-0.39, 0.29) is 5.91 Å². The molecule has 1 aromatic heterocycles. The average molecular weight is 249 g/mol. The molecule has 98 valence electrons. The summed E-state index contributed by atoms with van der Waals surface area (Å²) in [4.78, 5) is 14.0. The third-order valence-corrected chi connectivity index (χ3v) is 3.25. The lowest BCUT2D eigenvalue weighted by molar-refractivity contribution is -0.126. The van der Waals surface area contributed by atoms with Crippen LogP contribution < -0.4 is 0 Å². The lowest BCUT2D eigenvalue weighted by Crippen LogP contribution is -2.29. The van der Waals surface area contributed by atoms with Crippen LogP contribution in [0.1, 0.15) is 37.9 Å². The number of hydrogen-bond acceptors (Lipinski definition) is 4. The largest absolute Gasteiger partial charge is 0.334 e. The quantitative estimate of drug-likeness (QED) is 0.803. The van der Waals surface area contributed by atoms with E-state index in [1.807, 2.05) is 0 Å². The standard InChI is InChI=1S/C12H19N5O/c1-16(9-11-13-14-15-17(11)2)12(18)10-7-5-3-4-6-8-10/h7H,3-6,8-9H2,1-2H3. The van der Waals surface area contributed by atoms with Gasteiger partial charge in [0.1, 0.15) is 0 Å².